The van der Waals surface area contributed by atoms with Gasteiger partial charge in [-0.1, -0.05) is 36.4 Å². The molecule has 11 heteroatoms. The molecule has 3 aromatic rings. The van der Waals surface area contributed by atoms with Crippen LogP contribution in [0.4, 0.5) is 17.1 Å². The van der Waals surface area contributed by atoms with Crippen molar-refractivity contribution in [3.05, 3.63) is 120 Å². The monoisotopic (exact) mass is 433 g/mol. The van der Waals surface area contributed by atoms with Gasteiger partial charge in [-0.15, -0.1) is 0 Å². The molecule has 0 aliphatic rings. The zero-order valence-corrected chi connectivity index (χ0v) is 16.3. The summed E-state index contributed by atoms with van der Waals surface area (Å²) in [5.41, 5.74) is -0.150. The van der Waals surface area contributed by atoms with Crippen molar-refractivity contribution >= 4 is 29.5 Å². The van der Waals surface area contributed by atoms with Gasteiger partial charge in [0.15, 0.2) is 6.17 Å². The van der Waals surface area contributed by atoms with Gasteiger partial charge in [0.1, 0.15) is 0 Å². The van der Waals surface area contributed by atoms with Gasteiger partial charge in [-0.25, -0.2) is 0 Å². The predicted molar refractivity (Wildman–Crippen MR) is 117 cm³/mol. The van der Waals surface area contributed by atoms with Crippen molar-refractivity contribution in [3.8, 4) is 0 Å². The maximum Gasteiger partial charge on any atom is 0.278 e. The van der Waals surface area contributed by atoms with E-state index in [9.17, 15) is 30.3 Å². The molecule has 11 nitrogen and oxygen atoms in total. The highest BCUT2D eigenvalue weighted by Crippen LogP contribution is 2.29. The highest BCUT2D eigenvalue weighted by atomic mass is 16.6. The van der Waals surface area contributed by atoms with Crippen molar-refractivity contribution in [3.63, 3.8) is 0 Å². The minimum atomic E-state index is -1.17. The Balaban J connectivity index is 2.09. The Morgan fingerprint density at radius 2 is 0.969 bits per heavy atom. The van der Waals surface area contributed by atoms with Gasteiger partial charge in [0.25, 0.3) is 17.1 Å². The fraction of sp³-hybridized carbons (Fsp3) is 0.0476. The lowest BCUT2D eigenvalue weighted by Gasteiger charge is -2.09. The van der Waals surface area contributed by atoms with E-state index in [1.807, 2.05) is 0 Å². The second kappa shape index (κ2) is 9.80. The van der Waals surface area contributed by atoms with Crippen LogP contribution in [0.5, 0.6) is 0 Å². The minimum absolute atomic E-state index is 0.127. The molecule has 0 aliphatic heterocycles. The molecule has 0 aromatic heterocycles. The molecule has 0 radical (unpaired) electrons. The Bertz CT molecular complexity index is 1170. The van der Waals surface area contributed by atoms with Gasteiger partial charge in [-0.2, -0.15) is 0 Å². The van der Waals surface area contributed by atoms with E-state index in [4.69, 9.17) is 0 Å². The first kappa shape index (κ1) is 21.9. The molecular formula is C21H15N5O6. The largest absolute Gasteiger partial charge is 0.278 e. The molecular weight excluding hydrogens is 418 g/mol. The maximum atomic E-state index is 11.5. The number of nitrogens with zero attached hydrogens (tertiary/aromatic N) is 5. The van der Waals surface area contributed by atoms with Crippen molar-refractivity contribution in [1.29, 1.82) is 0 Å². The third-order valence-electron chi connectivity index (χ3n) is 4.39. The zero-order valence-electron chi connectivity index (χ0n) is 16.3. The molecule has 0 aliphatic carbocycles. The first-order chi connectivity index (χ1) is 15.4. The summed E-state index contributed by atoms with van der Waals surface area (Å²) in [6.45, 7) is 0. The summed E-state index contributed by atoms with van der Waals surface area (Å²) in [7, 11) is 0. The Hall–Kier alpha value is -4.80. The molecule has 160 valence electrons. The summed E-state index contributed by atoms with van der Waals surface area (Å²) >= 11 is 0. The number of nitro groups is 3. The van der Waals surface area contributed by atoms with Gasteiger partial charge in [0.05, 0.1) is 31.5 Å². The van der Waals surface area contributed by atoms with E-state index in [-0.39, 0.29) is 33.8 Å². The molecule has 3 aromatic carbocycles. The number of rotatable bonds is 8. The van der Waals surface area contributed by atoms with Crippen LogP contribution >= 0.6 is 0 Å². The van der Waals surface area contributed by atoms with Crippen LogP contribution in [0.3, 0.4) is 0 Å². The Kier molecular flexibility index (Phi) is 6.71. The van der Waals surface area contributed by atoms with Gasteiger partial charge in [-0.05, 0) is 18.2 Å². The lowest BCUT2D eigenvalue weighted by atomic mass is 10.1. The number of benzene rings is 3. The first-order valence-corrected chi connectivity index (χ1v) is 9.15. The number of nitro benzene ring substituents is 3. The van der Waals surface area contributed by atoms with Crippen molar-refractivity contribution in [2.24, 2.45) is 9.98 Å². The SMILES string of the molecule is O=[N+]([O-])c1ccccc1C=NC(N=Cc1ccccc1[N+](=O)[O-])c1ccccc1[N+](=O)[O-]. The van der Waals surface area contributed by atoms with Crippen LogP contribution in [0.15, 0.2) is 82.8 Å². The van der Waals surface area contributed by atoms with Gasteiger partial charge in [0.2, 0.25) is 0 Å². The minimum Gasteiger partial charge on any atom is -0.261 e. The van der Waals surface area contributed by atoms with E-state index in [2.05, 4.69) is 9.98 Å². The van der Waals surface area contributed by atoms with Crippen molar-refractivity contribution in [1.82, 2.24) is 0 Å². The topological polar surface area (TPSA) is 154 Å². The fourth-order valence-electron chi connectivity index (χ4n) is 2.90. The van der Waals surface area contributed by atoms with Crippen LogP contribution in [0, 0.1) is 30.3 Å². The van der Waals surface area contributed by atoms with E-state index in [1.165, 1.54) is 67.0 Å². The van der Waals surface area contributed by atoms with Crippen LogP contribution < -0.4 is 0 Å². The third kappa shape index (κ3) is 5.02. The van der Waals surface area contributed by atoms with E-state index in [0.717, 1.165) is 0 Å². The number of aliphatic imine (C=N–C) groups is 2. The summed E-state index contributed by atoms with van der Waals surface area (Å²) < 4.78 is 0. The van der Waals surface area contributed by atoms with Gasteiger partial charge < -0.3 is 0 Å². The smallest absolute Gasteiger partial charge is 0.261 e. The second-order valence-corrected chi connectivity index (χ2v) is 6.38. The summed E-state index contributed by atoms with van der Waals surface area (Å²) in [6.07, 6.45) is 1.24. The Morgan fingerprint density at radius 1 is 0.594 bits per heavy atom. The zero-order chi connectivity index (χ0) is 23.1. The van der Waals surface area contributed by atoms with Crippen LogP contribution in [-0.4, -0.2) is 27.2 Å². The van der Waals surface area contributed by atoms with E-state index < -0.39 is 20.9 Å². The molecule has 0 unspecified atom stereocenters. The molecule has 0 saturated heterocycles. The van der Waals surface area contributed by atoms with Crippen molar-refractivity contribution < 1.29 is 14.8 Å². The van der Waals surface area contributed by atoms with E-state index >= 15 is 0 Å². The van der Waals surface area contributed by atoms with Gasteiger partial charge in [-0.3, -0.25) is 40.3 Å². The van der Waals surface area contributed by atoms with Crippen LogP contribution in [0.1, 0.15) is 22.9 Å². The Morgan fingerprint density at radius 3 is 1.41 bits per heavy atom. The second-order valence-electron chi connectivity index (χ2n) is 6.38. The highest BCUT2D eigenvalue weighted by Gasteiger charge is 2.21. The van der Waals surface area contributed by atoms with Gasteiger partial charge >= 0.3 is 0 Å². The molecule has 0 N–H and O–H groups in total. The van der Waals surface area contributed by atoms with Crippen molar-refractivity contribution in [2.45, 2.75) is 6.17 Å². The number of hydrogen-bond donors (Lipinski definition) is 0. The van der Waals surface area contributed by atoms with E-state index in [1.54, 1.807) is 18.2 Å². The molecule has 0 fully saturated rings. The summed E-state index contributed by atoms with van der Waals surface area (Å²) in [5, 5.41) is 34.0. The van der Waals surface area contributed by atoms with Crippen LogP contribution in [-0.2, 0) is 0 Å². The maximum absolute atomic E-state index is 11.5. The predicted octanol–water partition coefficient (Wildman–Crippen LogP) is 4.65. The average Bonchev–Trinajstić information content (AvgIpc) is 2.79. The Labute approximate surface area is 180 Å². The molecule has 0 saturated carbocycles. The molecule has 0 bridgehead atoms. The normalized spacial score (nSPS) is 12.1. The quantitative estimate of drug-likeness (QED) is 0.286. The molecule has 3 rings (SSSR count). The average molecular weight is 433 g/mol. The van der Waals surface area contributed by atoms with Crippen LogP contribution in [0.2, 0.25) is 0 Å². The number of para-hydroxylation sites is 3. The van der Waals surface area contributed by atoms with Gasteiger partial charge in [0, 0.05) is 30.6 Å². The molecule has 0 atom stereocenters. The van der Waals surface area contributed by atoms with Crippen molar-refractivity contribution in [2.75, 3.05) is 0 Å². The summed E-state index contributed by atoms with van der Waals surface area (Å²) in [4.78, 5) is 40.7. The molecule has 0 heterocycles. The molecule has 0 spiro atoms. The van der Waals surface area contributed by atoms with E-state index in [0.29, 0.717) is 0 Å². The highest BCUT2D eigenvalue weighted by molar-refractivity contribution is 5.87. The lowest BCUT2D eigenvalue weighted by molar-refractivity contribution is -0.385. The summed E-state index contributed by atoms with van der Waals surface area (Å²) in [6, 6.07) is 17.5. The molecule has 32 heavy (non-hydrogen) atoms. The lowest BCUT2D eigenvalue weighted by Crippen LogP contribution is -2.02. The fourth-order valence-corrected chi connectivity index (χ4v) is 2.90. The molecule has 0 amide bonds. The first-order valence-electron chi connectivity index (χ1n) is 9.15. The standard InChI is InChI=1S/C21H15N5O6/c27-24(28)18-10-4-1-7-15(18)13-22-21(17-9-3-6-12-20(17)26(31)32)23-14-16-8-2-5-11-19(16)25(29)30/h1-14,21H. The summed E-state index contributed by atoms with van der Waals surface area (Å²) in [5.74, 6) is 0. The van der Waals surface area contributed by atoms with Crippen LogP contribution in [0.25, 0.3) is 0 Å². The number of hydrogen-bond acceptors (Lipinski definition) is 8. The third-order valence-corrected chi connectivity index (χ3v) is 4.39.